The molecular formula is C29H22N2O4. The summed E-state index contributed by atoms with van der Waals surface area (Å²) in [6, 6.07) is 26.2. The van der Waals surface area contributed by atoms with Gasteiger partial charge in [0, 0.05) is 22.9 Å². The van der Waals surface area contributed by atoms with Crippen molar-refractivity contribution in [3.63, 3.8) is 0 Å². The molecule has 0 aliphatic carbocycles. The van der Waals surface area contributed by atoms with Crippen molar-refractivity contribution in [2.75, 3.05) is 12.0 Å². The van der Waals surface area contributed by atoms with E-state index in [1.54, 1.807) is 18.1 Å². The molecule has 0 radical (unpaired) electrons. The number of hydrogen-bond acceptors (Lipinski definition) is 4. The normalized spacial score (nSPS) is 10.1. The predicted octanol–water partition coefficient (Wildman–Crippen LogP) is 5.02. The Hall–Kier alpha value is -4.89. The number of amides is 1. The largest absolute Gasteiger partial charge is 0.496 e. The fourth-order valence-corrected chi connectivity index (χ4v) is 3.61. The molecule has 1 heterocycles. The fraction of sp³-hybridized carbons (Fsp3) is 0.0690. The quantitative estimate of drug-likeness (QED) is 0.308. The summed E-state index contributed by atoms with van der Waals surface area (Å²) in [6.07, 6.45) is 2.21. The van der Waals surface area contributed by atoms with Crippen molar-refractivity contribution in [3.05, 3.63) is 114 Å². The minimum atomic E-state index is -1.09. The van der Waals surface area contributed by atoms with Gasteiger partial charge in [0.2, 0.25) is 6.41 Å². The van der Waals surface area contributed by atoms with Crippen LogP contribution in [0.3, 0.4) is 0 Å². The Morgan fingerprint density at radius 2 is 1.71 bits per heavy atom. The number of carbonyl (C=O) groups is 2. The number of nitrogens with zero attached hydrogens (tertiary/aromatic N) is 2. The van der Waals surface area contributed by atoms with Gasteiger partial charge in [0.15, 0.2) is 0 Å². The average molecular weight is 463 g/mol. The van der Waals surface area contributed by atoms with E-state index in [0.717, 1.165) is 28.8 Å². The zero-order valence-electron chi connectivity index (χ0n) is 19.0. The van der Waals surface area contributed by atoms with E-state index in [1.807, 2.05) is 72.8 Å². The Kier molecular flexibility index (Phi) is 7.19. The first-order valence-electron chi connectivity index (χ1n) is 10.8. The molecule has 0 spiro atoms. The highest BCUT2D eigenvalue weighted by molar-refractivity contribution is 5.85. The minimum absolute atomic E-state index is 0.0418. The van der Waals surface area contributed by atoms with Crippen LogP contribution in [0, 0.1) is 11.8 Å². The molecule has 3 aromatic carbocycles. The lowest BCUT2D eigenvalue weighted by atomic mass is 10.0. The van der Waals surface area contributed by atoms with Gasteiger partial charge in [0.25, 0.3) is 0 Å². The number of anilines is 1. The summed E-state index contributed by atoms with van der Waals surface area (Å²) in [6.45, 7) is 0.378. The van der Waals surface area contributed by atoms with Gasteiger partial charge in [0.05, 0.1) is 19.3 Å². The first kappa shape index (κ1) is 23.3. The summed E-state index contributed by atoms with van der Waals surface area (Å²) in [5.74, 6) is 5.77. The van der Waals surface area contributed by atoms with Crippen molar-refractivity contribution < 1.29 is 19.4 Å². The van der Waals surface area contributed by atoms with E-state index in [2.05, 4.69) is 16.8 Å². The van der Waals surface area contributed by atoms with E-state index < -0.39 is 5.97 Å². The molecule has 6 heteroatoms. The molecule has 4 aromatic rings. The molecule has 0 unspecified atom stereocenters. The summed E-state index contributed by atoms with van der Waals surface area (Å²) >= 11 is 0. The second-order valence-corrected chi connectivity index (χ2v) is 7.63. The number of ether oxygens (including phenoxy) is 1. The lowest BCUT2D eigenvalue weighted by Crippen LogP contribution is -2.21. The van der Waals surface area contributed by atoms with Crippen molar-refractivity contribution >= 4 is 18.1 Å². The Balaban J connectivity index is 1.55. The van der Waals surface area contributed by atoms with Crippen LogP contribution in [0.15, 0.2) is 91.1 Å². The Bertz CT molecular complexity index is 1400. The Morgan fingerprint density at radius 1 is 0.971 bits per heavy atom. The maximum atomic E-state index is 12.0. The molecule has 1 aromatic heterocycles. The van der Waals surface area contributed by atoms with Crippen LogP contribution in [-0.2, 0) is 11.3 Å². The molecule has 1 amide bonds. The number of carboxylic acid groups (broad SMARTS) is 1. The highest BCUT2D eigenvalue weighted by Crippen LogP contribution is 2.30. The summed E-state index contributed by atoms with van der Waals surface area (Å²) < 4.78 is 5.46. The van der Waals surface area contributed by atoms with Gasteiger partial charge in [-0.2, -0.15) is 0 Å². The van der Waals surface area contributed by atoms with Crippen LogP contribution in [-0.4, -0.2) is 29.6 Å². The van der Waals surface area contributed by atoms with Crippen molar-refractivity contribution in [1.82, 2.24) is 4.98 Å². The molecule has 0 aliphatic heterocycles. The first-order chi connectivity index (χ1) is 17.1. The second-order valence-electron chi connectivity index (χ2n) is 7.63. The van der Waals surface area contributed by atoms with E-state index in [-0.39, 0.29) is 5.69 Å². The third kappa shape index (κ3) is 5.55. The number of rotatable bonds is 7. The molecule has 1 N–H and O–H groups in total. The molecule has 172 valence electrons. The minimum Gasteiger partial charge on any atom is -0.496 e. The Labute approximate surface area is 203 Å². The third-order valence-electron chi connectivity index (χ3n) is 5.39. The fourth-order valence-electron chi connectivity index (χ4n) is 3.61. The number of carboxylic acids is 1. The van der Waals surface area contributed by atoms with Crippen LogP contribution in [0.25, 0.3) is 11.1 Å². The van der Waals surface area contributed by atoms with Crippen LogP contribution in [0.5, 0.6) is 5.75 Å². The van der Waals surface area contributed by atoms with Crippen LogP contribution >= 0.6 is 0 Å². The molecule has 0 bridgehead atoms. The van der Waals surface area contributed by atoms with Gasteiger partial charge in [-0.25, -0.2) is 9.78 Å². The zero-order chi connectivity index (χ0) is 24.6. The van der Waals surface area contributed by atoms with Gasteiger partial charge in [0.1, 0.15) is 11.4 Å². The molecule has 6 nitrogen and oxygen atoms in total. The van der Waals surface area contributed by atoms with Crippen LogP contribution in [0.1, 0.15) is 27.2 Å². The summed E-state index contributed by atoms with van der Waals surface area (Å²) in [5, 5.41) is 8.98. The third-order valence-corrected chi connectivity index (χ3v) is 5.39. The molecule has 0 aliphatic rings. The van der Waals surface area contributed by atoms with Crippen LogP contribution < -0.4 is 9.64 Å². The van der Waals surface area contributed by atoms with Crippen molar-refractivity contribution in [2.45, 2.75) is 6.54 Å². The van der Waals surface area contributed by atoms with Gasteiger partial charge in [-0.1, -0.05) is 66.4 Å². The van der Waals surface area contributed by atoms with Crippen LogP contribution in [0.2, 0.25) is 0 Å². The second kappa shape index (κ2) is 10.8. The Morgan fingerprint density at radius 3 is 2.40 bits per heavy atom. The molecule has 0 saturated carbocycles. The number of aromatic nitrogens is 1. The highest BCUT2D eigenvalue weighted by Gasteiger charge is 2.11. The molecule has 0 saturated heterocycles. The van der Waals surface area contributed by atoms with Crippen molar-refractivity contribution in [2.24, 2.45) is 0 Å². The standard InChI is InChI=1S/C29H22N2O4/c1-35-28-9-5-3-7-25(28)23-14-11-22(12-15-23)19-31(20-32)27-8-4-2-6-24(27)16-10-21-13-17-26(29(33)34)30-18-21/h2-9,11-15,17-18,20H,19H2,1H3,(H,33,34). The van der Waals surface area contributed by atoms with Crippen molar-refractivity contribution in [3.8, 4) is 28.7 Å². The lowest BCUT2D eigenvalue weighted by molar-refractivity contribution is -0.107. The maximum absolute atomic E-state index is 12.0. The molecule has 0 fully saturated rings. The van der Waals surface area contributed by atoms with Crippen molar-refractivity contribution in [1.29, 1.82) is 0 Å². The summed E-state index contributed by atoms with van der Waals surface area (Å²) in [7, 11) is 1.65. The molecule has 0 atom stereocenters. The molecule has 35 heavy (non-hydrogen) atoms. The average Bonchev–Trinajstić information content (AvgIpc) is 2.91. The summed E-state index contributed by atoms with van der Waals surface area (Å²) in [4.78, 5) is 28.5. The van der Waals surface area contributed by atoms with Gasteiger partial charge in [-0.05, 0) is 41.5 Å². The van der Waals surface area contributed by atoms with Gasteiger partial charge in [-0.3, -0.25) is 4.79 Å². The number of pyridine rings is 1. The van der Waals surface area contributed by atoms with Crippen LogP contribution in [0.4, 0.5) is 5.69 Å². The maximum Gasteiger partial charge on any atom is 0.354 e. The number of methoxy groups -OCH3 is 1. The number of para-hydroxylation sites is 2. The smallest absolute Gasteiger partial charge is 0.354 e. The zero-order valence-corrected chi connectivity index (χ0v) is 19.0. The van der Waals surface area contributed by atoms with Gasteiger partial charge < -0.3 is 14.7 Å². The van der Waals surface area contributed by atoms with E-state index in [0.29, 0.717) is 23.4 Å². The summed E-state index contributed by atoms with van der Waals surface area (Å²) in [5.41, 5.74) is 4.88. The number of carbonyl (C=O) groups excluding carboxylic acids is 1. The van der Waals surface area contributed by atoms with E-state index in [9.17, 15) is 9.59 Å². The monoisotopic (exact) mass is 462 g/mol. The molecular weight excluding hydrogens is 440 g/mol. The highest BCUT2D eigenvalue weighted by atomic mass is 16.5. The predicted molar refractivity (Wildman–Crippen MR) is 134 cm³/mol. The molecule has 4 rings (SSSR count). The van der Waals surface area contributed by atoms with E-state index >= 15 is 0 Å². The topological polar surface area (TPSA) is 79.7 Å². The van der Waals surface area contributed by atoms with Gasteiger partial charge >= 0.3 is 5.97 Å². The first-order valence-corrected chi connectivity index (χ1v) is 10.8. The van der Waals surface area contributed by atoms with E-state index in [4.69, 9.17) is 9.84 Å². The number of benzene rings is 3. The van der Waals surface area contributed by atoms with E-state index in [1.165, 1.54) is 12.3 Å². The SMILES string of the molecule is COc1ccccc1-c1ccc(CN(C=O)c2ccccc2C#Cc2ccc(C(=O)O)nc2)cc1. The number of hydrogen-bond donors (Lipinski definition) is 1. The lowest BCUT2D eigenvalue weighted by Gasteiger charge is -2.19. The number of aromatic carboxylic acids is 1. The van der Waals surface area contributed by atoms with Gasteiger partial charge in [-0.15, -0.1) is 0 Å².